The molecule has 124 valence electrons. The maximum absolute atomic E-state index is 5.72. The molecule has 0 radical (unpaired) electrons. The van der Waals surface area contributed by atoms with Crippen molar-refractivity contribution < 1.29 is 4.74 Å². The van der Waals surface area contributed by atoms with E-state index >= 15 is 0 Å². The number of rotatable bonds is 5. The van der Waals surface area contributed by atoms with Gasteiger partial charge in [0.25, 0.3) is 0 Å². The summed E-state index contributed by atoms with van der Waals surface area (Å²) in [5.41, 5.74) is 1.39. The molecule has 0 aliphatic carbocycles. The Hall–Kier alpha value is -2.25. The number of hydrogen-bond donors (Lipinski definition) is 0. The molecule has 0 unspecified atom stereocenters. The third kappa shape index (κ3) is 3.47. The average Bonchev–Trinajstić information content (AvgIpc) is 3.21. The first-order valence-corrected chi connectivity index (χ1v) is 9.01. The Kier molecular flexibility index (Phi) is 4.53. The standard InChI is InChI=1S/C17H19N5OS/c1-2-6-18-17(3-1)23-12-16-20-19-15-4-7-21(8-9-22(15)16)11-14-5-10-24-13-14/h1-3,5-6,10,13H,4,7-9,11-12H2. The van der Waals surface area contributed by atoms with Crippen LogP contribution in [-0.2, 0) is 26.1 Å². The molecule has 7 heteroatoms. The fraction of sp³-hybridized carbons (Fsp3) is 0.353. The number of hydrogen-bond acceptors (Lipinski definition) is 6. The van der Waals surface area contributed by atoms with Crippen LogP contribution < -0.4 is 4.74 Å². The lowest BCUT2D eigenvalue weighted by Crippen LogP contribution is -2.26. The molecule has 0 saturated heterocycles. The first-order chi connectivity index (χ1) is 11.9. The molecule has 6 nitrogen and oxygen atoms in total. The van der Waals surface area contributed by atoms with E-state index < -0.39 is 0 Å². The van der Waals surface area contributed by atoms with E-state index in [2.05, 4.69) is 41.5 Å². The van der Waals surface area contributed by atoms with E-state index in [4.69, 9.17) is 4.74 Å². The second-order valence-electron chi connectivity index (χ2n) is 5.80. The van der Waals surface area contributed by atoms with Gasteiger partial charge in [0, 0.05) is 44.9 Å². The first kappa shape index (κ1) is 15.3. The van der Waals surface area contributed by atoms with Gasteiger partial charge >= 0.3 is 0 Å². The van der Waals surface area contributed by atoms with Crippen molar-refractivity contribution in [2.45, 2.75) is 26.1 Å². The predicted octanol–water partition coefficient (Wildman–Crippen LogP) is 2.37. The molecule has 0 amide bonds. The average molecular weight is 341 g/mol. The van der Waals surface area contributed by atoms with Gasteiger partial charge in [0.15, 0.2) is 5.82 Å². The van der Waals surface area contributed by atoms with Crippen LogP contribution in [0.15, 0.2) is 41.2 Å². The molecule has 0 N–H and O–H groups in total. The van der Waals surface area contributed by atoms with E-state index in [0.29, 0.717) is 12.5 Å². The van der Waals surface area contributed by atoms with Gasteiger partial charge in [-0.2, -0.15) is 11.3 Å². The lowest BCUT2D eigenvalue weighted by Gasteiger charge is -2.18. The normalized spacial score (nSPS) is 15.0. The SMILES string of the molecule is c1ccc(OCc2nnc3n2CCN(Cc2ccsc2)CC3)nc1. The van der Waals surface area contributed by atoms with Gasteiger partial charge < -0.3 is 9.30 Å². The smallest absolute Gasteiger partial charge is 0.213 e. The van der Waals surface area contributed by atoms with E-state index in [1.165, 1.54) is 5.56 Å². The van der Waals surface area contributed by atoms with Crippen molar-refractivity contribution in [3.8, 4) is 5.88 Å². The van der Waals surface area contributed by atoms with Crippen molar-refractivity contribution in [2.24, 2.45) is 0 Å². The molecular weight excluding hydrogens is 322 g/mol. The van der Waals surface area contributed by atoms with Crippen molar-refractivity contribution in [1.82, 2.24) is 24.6 Å². The van der Waals surface area contributed by atoms with Crippen LogP contribution in [-0.4, -0.2) is 37.7 Å². The van der Waals surface area contributed by atoms with Crippen LogP contribution in [0.2, 0.25) is 0 Å². The van der Waals surface area contributed by atoms with Gasteiger partial charge in [-0.15, -0.1) is 10.2 Å². The van der Waals surface area contributed by atoms with Crippen molar-refractivity contribution in [3.05, 3.63) is 58.4 Å². The highest BCUT2D eigenvalue weighted by atomic mass is 32.1. The van der Waals surface area contributed by atoms with E-state index in [1.54, 1.807) is 17.5 Å². The van der Waals surface area contributed by atoms with Gasteiger partial charge in [-0.3, -0.25) is 4.90 Å². The van der Waals surface area contributed by atoms with Gasteiger partial charge in [-0.1, -0.05) is 6.07 Å². The third-order valence-corrected chi connectivity index (χ3v) is 4.90. The first-order valence-electron chi connectivity index (χ1n) is 8.07. The van der Waals surface area contributed by atoms with E-state index in [1.807, 2.05) is 18.2 Å². The molecule has 0 atom stereocenters. The fourth-order valence-corrected chi connectivity index (χ4v) is 3.56. The predicted molar refractivity (Wildman–Crippen MR) is 91.9 cm³/mol. The highest BCUT2D eigenvalue weighted by Gasteiger charge is 2.19. The molecule has 1 aliphatic rings. The highest BCUT2D eigenvalue weighted by molar-refractivity contribution is 7.07. The second kappa shape index (κ2) is 7.11. The quantitative estimate of drug-likeness (QED) is 0.713. The molecule has 4 heterocycles. The summed E-state index contributed by atoms with van der Waals surface area (Å²) in [4.78, 5) is 6.65. The molecule has 1 aliphatic heterocycles. The van der Waals surface area contributed by atoms with Crippen LogP contribution in [0.25, 0.3) is 0 Å². The largest absolute Gasteiger partial charge is 0.469 e. The molecule has 0 aromatic carbocycles. The van der Waals surface area contributed by atoms with Crippen LogP contribution in [0.3, 0.4) is 0 Å². The Labute approximate surface area is 144 Å². The second-order valence-corrected chi connectivity index (χ2v) is 6.58. The van der Waals surface area contributed by atoms with Gasteiger partial charge in [0.05, 0.1) is 0 Å². The summed E-state index contributed by atoms with van der Waals surface area (Å²) < 4.78 is 7.91. The molecule has 0 saturated carbocycles. The number of ether oxygens (including phenoxy) is 1. The molecule has 3 aromatic heterocycles. The van der Waals surface area contributed by atoms with Crippen molar-refractivity contribution in [3.63, 3.8) is 0 Å². The molecule has 3 aromatic rings. The van der Waals surface area contributed by atoms with Crippen molar-refractivity contribution in [1.29, 1.82) is 0 Å². The zero-order valence-corrected chi connectivity index (χ0v) is 14.2. The summed E-state index contributed by atoms with van der Waals surface area (Å²) in [5, 5.41) is 13.0. The maximum atomic E-state index is 5.72. The minimum atomic E-state index is 0.397. The van der Waals surface area contributed by atoms with E-state index in [-0.39, 0.29) is 0 Å². The zero-order valence-electron chi connectivity index (χ0n) is 13.3. The Bertz CT molecular complexity index is 772. The van der Waals surface area contributed by atoms with Gasteiger partial charge in [-0.25, -0.2) is 4.98 Å². The summed E-state index contributed by atoms with van der Waals surface area (Å²) in [6.07, 6.45) is 2.64. The Morgan fingerprint density at radius 2 is 2.12 bits per heavy atom. The van der Waals surface area contributed by atoms with E-state index in [0.717, 1.165) is 44.2 Å². The molecular formula is C17H19N5OS. The van der Waals surface area contributed by atoms with Gasteiger partial charge in [0.2, 0.25) is 5.88 Å². The summed E-state index contributed by atoms with van der Waals surface area (Å²) in [6, 6.07) is 7.83. The summed E-state index contributed by atoms with van der Waals surface area (Å²) in [6.45, 7) is 4.30. The summed E-state index contributed by atoms with van der Waals surface area (Å²) in [7, 11) is 0. The van der Waals surface area contributed by atoms with E-state index in [9.17, 15) is 0 Å². The highest BCUT2D eigenvalue weighted by Crippen LogP contribution is 2.15. The minimum absolute atomic E-state index is 0.397. The Morgan fingerprint density at radius 3 is 2.96 bits per heavy atom. The Morgan fingerprint density at radius 1 is 1.12 bits per heavy atom. The molecule has 0 spiro atoms. The zero-order chi connectivity index (χ0) is 16.2. The fourth-order valence-electron chi connectivity index (χ4n) is 2.90. The van der Waals surface area contributed by atoms with Crippen molar-refractivity contribution >= 4 is 11.3 Å². The Balaban J connectivity index is 1.40. The minimum Gasteiger partial charge on any atom is -0.469 e. The number of nitrogens with zero attached hydrogens (tertiary/aromatic N) is 5. The molecule has 0 bridgehead atoms. The number of pyridine rings is 1. The van der Waals surface area contributed by atoms with Gasteiger partial charge in [-0.05, 0) is 28.5 Å². The monoisotopic (exact) mass is 341 g/mol. The lowest BCUT2D eigenvalue weighted by molar-refractivity contribution is 0.259. The van der Waals surface area contributed by atoms with Crippen LogP contribution >= 0.6 is 11.3 Å². The molecule has 24 heavy (non-hydrogen) atoms. The number of fused-ring (bicyclic) bond motifs is 1. The molecule has 0 fully saturated rings. The van der Waals surface area contributed by atoms with Gasteiger partial charge in [0.1, 0.15) is 12.4 Å². The number of thiophene rings is 1. The van der Waals surface area contributed by atoms with Crippen LogP contribution in [0, 0.1) is 0 Å². The summed E-state index contributed by atoms with van der Waals surface area (Å²) >= 11 is 1.75. The van der Waals surface area contributed by atoms with Crippen LogP contribution in [0.1, 0.15) is 17.2 Å². The van der Waals surface area contributed by atoms with Crippen LogP contribution in [0.4, 0.5) is 0 Å². The summed E-state index contributed by atoms with van der Waals surface area (Å²) in [5.74, 6) is 2.53. The molecule has 4 rings (SSSR count). The third-order valence-electron chi connectivity index (χ3n) is 4.17. The van der Waals surface area contributed by atoms with Crippen molar-refractivity contribution in [2.75, 3.05) is 13.1 Å². The number of aromatic nitrogens is 4. The topological polar surface area (TPSA) is 56.1 Å². The maximum Gasteiger partial charge on any atom is 0.213 e. The van der Waals surface area contributed by atoms with Crippen LogP contribution in [0.5, 0.6) is 5.88 Å². The lowest BCUT2D eigenvalue weighted by atomic mass is 10.3.